The molecule has 0 aliphatic heterocycles. The third-order valence-electron chi connectivity index (χ3n) is 5.56. The zero-order chi connectivity index (χ0) is 23.8. The van der Waals surface area contributed by atoms with Gasteiger partial charge < -0.3 is 20.5 Å². The summed E-state index contributed by atoms with van der Waals surface area (Å²) in [6.07, 6.45) is 6.21. The Labute approximate surface area is 199 Å². The minimum Gasteiger partial charge on any atom is -0.465 e. The highest BCUT2D eigenvalue weighted by Crippen LogP contribution is 2.29. The largest absolute Gasteiger partial charge is 0.465 e. The first-order chi connectivity index (χ1) is 15.2. The van der Waals surface area contributed by atoms with Crippen molar-refractivity contribution in [3.8, 4) is 0 Å². The second-order valence-electron chi connectivity index (χ2n) is 7.76. The molecule has 2 aromatic rings. The number of nitrogen functional groups attached to an aromatic ring is 1. The third kappa shape index (κ3) is 6.78. The fourth-order valence-electron chi connectivity index (χ4n) is 3.64. The molecule has 0 radical (unpaired) electrons. The number of anilines is 2. The number of halogens is 2. The van der Waals surface area contributed by atoms with Gasteiger partial charge in [-0.1, -0.05) is 42.5 Å². The molecule has 1 fully saturated rings. The summed E-state index contributed by atoms with van der Waals surface area (Å²) < 4.78 is 9.37. The SMILES string of the molecule is COC(=O)c1cc(Cl)cc(N)c1C.COC(=O)c1cc(Cl)cc(NC2CCCCC2)c1C. The molecule has 0 unspecified atom stereocenters. The smallest absolute Gasteiger partial charge is 0.338 e. The molecule has 1 aliphatic carbocycles. The van der Waals surface area contributed by atoms with Crippen molar-refractivity contribution in [2.45, 2.75) is 52.0 Å². The van der Waals surface area contributed by atoms with E-state index in [1.165, 1.54) is 46.3 Å². The minimum absolute atomic E-state index is 0.341. The molecule has 8 heteroatoms. The van der Waals surface area contributed by atoms with Crippen LogP contribution in [0.25, 0.3) is 0 Å². The van der Waals surface area contributed by atoms with Crippen LogP contribution in [0.1, 0.15) is 63.9 Å². The van der Waals surface area contributed by atoms with E-state index in [2.05, 4.69) is 10.1 Å². The number of ether oxygens (including phenoxy) is 2. The van der Waals surface area contributed by atoms with Crippen LogP contribution in [0.3, 0.4) is 0 Å². The molecular weight excluding hydrogens is 451 g/mol. The molecule has 0 atom stereocenters. The highest BCUT2D eigenvalue weighted by molar-refractivity contribution is 6.31. The van der Waals surface area contributed by atoms with E-state index in [1.54, 1.807) is 25.1 Å². The van der Waals surface area contributed by atoms with Gasteiger partial charge in [-0.2, -0.15) is 0 Å². The summed E-state index contributed by atoms with van der Waals surface area (Å²) in [6.45, 7) is 3.67. The van der Waals surface area contributed by atoms with Gasteiger partial charge in [-0.15, -0.1) is 0 Å². The number of nitrogens with two attached hydrogens (primary N) is 1. The van der Waals surface area contributed by atoms with Crippen molar-refractivity contribution in [3.63, 3.8) is 0 Å². The van der Waals surface area contributed by atoms with Crippen molar-refractivity contribution in [1.82, 2.24) is 0 Å². The molecule has 3 N–H and O–H groups in total. The molecule has 174 valence electrons. The monoisotopic (exact) mass is 480 g/mol. The average Bonchev–Trinajstić information content (AvgIpc) is 2.78. The summed E-state index contributed by atoms with van der Waals surface area (Å²) >= 11 is 11.8. The van der Waals surface area contributed by atoms with Gasteiger partial charge in [-0.25, -0.2) is 9.59 Å². The molecule has 32 heavy (non-hydrogen) atoms. The van der Waals surface area contributed by atoms with E-state index < -0.39 is 5.97 Å². The number of esters is 2. The average molecular weight is 481 g/mol. The molecule has 0 aromatic heterocycles. The van der Waals surface area contributed by atoms with E-state index in [1.807, 2.05) is 13.0 Å². The van der Waals surface area contributed by atoms with Crippen LogP contribution in [0.2, 0.25) is 10.0 Å². The van der Waals surface area contributed by atoms with Crippen LogP contribution in [-0.4, -0.2) is 32.2 Å². The fourth-order valence-corrected chi connectivity index (χ4v) is 4.08. The molecule has 1 aliphatic rings. The maximum absolute atomic E-state index is 11.7. The summed E-state index contributed by atoms with van der Waals surface area (Å²) in [4.78, 5) is 22.9. The van der Waals surface area contributed by atoms with Gasteiger partial charge in [0.05, 0.1) is 25.3 Å². The lowest BCUT2D eigenvalue weighted by Gasteiger charge is -2.25. The van der Waals surface area contributed by atoms with Gasteiger partial charge in [0, 0.05) is 27.5 Å². The molecule has 3 rings (SSSR count). The minimum atomic E-state index is -0.424. The molecule has 0 saturated heterocycles. The predicted octanol–water partition coefficient (Wildman–Crippen LogP) is 6.20. The summed E-state index contributed by atoms with van der Waals surface area (Å²) in [7, 11) is 2.70. The third-order valence-corrected chi connectivity index (χ3v) is 6.00. The molecule has 6 nitrogen and oxygen atoms in total. The Morgan fingerprint density at radius 1 is 0.875 bits per heavy atom. The lowest BCUT2D eigenvalue weighted by atomic mass is 9.95. The Morgan fingerprint density at radius 3 is 1.91 bits per heavy atom. The van der Waals surface area contributed by atoms with Gasteiger partial charge >= 0.3 is 11.9 Å². The van der Waals surface area contributed by atoms with Crippen molar-refractivity contribution in [1.29, 1.82) is 0 Å². The zero-order valence-electron chi connectivity index (χ0n) is 18.9. The number of benzene rings is 2. The number of hydrogen-bond acceptors (Lipinski definition) is 6. The molecule has 0 bridgehead atoms. The second-order valence-corrected chi connectivity index (χ2v) is 8.63. The topological polar surface area (TPSA) is 90.7 Å². The van der Waals surface area contributed by atoms with Gasteiger partial charge in [0.25, 0.3) is 0 Å². The Kier molecular flexibility index (Phi) is 9.66. The fraction of sp³-hybridized carbons (Fsp3) is 0.417. The number of nitrogens with one attached hydrogen (secondary N) is 1. The maximum atomic E-state index is 11.7. The number of rotatable bonds is 4. The number of carbonyl (C=O) groups is 2. The second kappa shape index (κ2) is 12.0. The van der Waals surface area contributed by atoms with E-state index in [-0.39, 0.29) is 5.97 Å². The van der Waals surface area contributed by atoms with Gasteiger partial charge in [-0.3, -0.25) is 0 Å². The van der Waals surface area contributed by atoms with Crippen LogP contribution < -0.4 is 11.1 Å². The van der Waals surface area contributed by atoms with Crippen LogP contribution in [0.5, 0.6) is 0 Å². The maximum Gasteiger partial charge on any atom is 0.338 e. The molecule has 0 spiro atoms. The van der Waals surface area contributed by atoms with Crippen molar-refractivity contribution >= 4 is 46.5 Å². The van der Waals surface area contributed by atoms with Crippen LogP contribution in [0, 0.1) is 13.8 Å². The quantitative estimate of drug-likeness (QED) is 0.399. The Bertz CT molecular complexity index is 973. The lowest BCUT2D eigenvalue weighted by molar-refractivity contribution is 0.0591. The van der Waals surface area contributed by atoms with E-state index in [9.17, 15) is 9.59 Å². The first-order valence-electron chi connectivity index (χ1n) is 10.5. The van der Waals surface area contributed by atoms with E-state index in [0.717, 1.165) is 11.3 Å². The highest BCUT2D eigenvalue weighted by atomic mass is 35.5. The highest BCUT2D eigenvalue weighted by Gasteiger charge is 2.18. The van der Waals surface area contributed by atoms with Crippen molar-refractivity contribution < 1.29 is 19.1 Å². The van der Waals surface area contributed by atoms with E-state index in [4.69, 9.17) is 33.7 Å². The number of carbonyl (C=O) groups excluding carboxylic acids is 2. The Hall–Kier alpha value is -2.44. The molecular formula is C24H30Cl2N2O4. The van der Waals surface area contributed by atoms with Crippen molar-refractivity contribution in [2.75, 3.05) is 25.3 Å². The molecule has 0 heterocycles. The first kappa shape index (κ1) is 25.8. The number of methoxy groups -OCH3 is 2. The first-order valence-corrected chi connectivity index (χ1v) is 11.2. The van der Waals surface area contributed by atoms with Crippen LogP contribution in [0.4, 0.5) is 11.4 Å². The van der Waals surface area contributed by atoms with E-state index in [0.29, 0.717) is 38.5 Å². The molecule has 0 amide bonds. The summed E-state index contributed by atoms with van der Waals surface area (Å²) in [5, 5.41) is 4.51. The predicted molar refractivity (Wildman–Crippen MR) is 130 cm³/mol. The van der Waals surface area contributed by atoms with Gasteiger partial charge in [-0.05, 0) is 62.1 Å². The number of hydrogen-bond donors (Lipinski definition) is 2. The van der Waals surface area contributed by atoms with Gasteiger partial charge in [0.15, 0.2) is 0 Å². The summed E-state index contributed by atoms with van der Waals surface area (Å²) in [6, 6.07) is 7.17. The van der Waals surface area contributed by atoms with Crippen LogP contribution in [-0.2, 0) is 9.47 Å². The van der Waals surface area contributed by atoms with Gasteiger partial charge in [0.1, 0.15) is 0 Å². The Morgan fingerprint density at radius 2 is 1.38 bits per heavy atom. The van der Waals surface area contributed by atoms with Crippen molar-refractivity contribution in [2.24, 2.45) is 0 Å². The van der Waals surface area contributed by atoms with Crippen molar-refractivity contribution in [3.05, 3.63) is 56.6 Å². The molecule has 1 saturated carbocycles. The zero-order valence-corrected chi connectivity index (χ0v) is 20.4. The lowest BCUT2D eigenvalue weighted by Crippen LogP contribution is -2.23. The summed E-state index contributed by atoms with van der Waals surface area (Å²) in [5.41, 5.74) is 9.60. The standard InChI is InChI=1S/C15H20ClNO2.C9H10ClNO2/c1-10-13(15(18)19-2)8-11(16)9-14(10)17-12-6-4-3-5-7-12;1-5-7(9(12)13-2)3-6(10)4-8(5)11/h8-9,12,17H,3-7H2,1-2H3;3-4H,11H2,1-2H3. The molecule has 2 aromatic carbocycles. The normalized spacial score (nSPS) is 13.6. The summed E-state index contributed by atoms with van der Waals surface area (Å²) in [5.74, 6) is -0.765. The van der Waals surface area contributed by atoms with E-state index >= 15 is 0 Å². The van der Waals surface area contributed by atoms with Crippen LogP contribution >= 0.6 is 23.2 Å². The van der Waals surface area contributed by atoms with Gasteiger partial charge in [0.2, 0.25) is 0 Å². The van der Waals surface area contributed by atoms with Crippen LogP contribution in [0.15, 0.2) is 24.3 Å². The Balaban J connectivity index is 0.000000244.